The number of pyridine rings is 1. The number of benzene rings is 1. The van der Waals surface area contributed by atoms with Gasteiger partial charge in [-0.1, -0.05) is 11.6 Å². The van der Waals surface area contributed by atoms with Crippen LogP contribution < -0.4 is 0 Å². The van der Waals surface area contributed by atoms with Crippen LogP contribution in [0, 0.1) is 17.4 Å². The molecule has 4 heteroatoms. The minimum Gasteiger partial charge on any atom is -0.250 e. The molecule has 0 spiro atoms. The summed E-state index contributed by atoms with van der Waals surface area (Å²) in [5.74, 6) is 0. The third kappa shape index (κ3) is 2.01. The molecule has 0 saturated heterocycles. The Balaban J connectivity index is 2.98. The van der Waals surface area contributed by atoms with Crippen LogP contribution in [-0.2, 0) is 0 Å². The number of rotatable bonds is 0. The van der Waals surface area contributed by atoms with Gasteiger partial charge in [0.05, 0.1) is 16.2 Å². The monoisotopic (exact) mass is 395 g/mol. The molecule has 2 aromatic rings. The van der Waals surface area contributed by atoms with Crippen molar-refractivity contribution in [2.45, 2.75) is 13.8 Å². The van der Waals surface area contributed by atoms with Crippen molar-refractivity contribution < 1.29 is 0 Å². The molecule has 0 aliphatic heterocycles. The van der Waals surface area contributed by atoms with Gasteiger partial charge in [0.2, 0.25) is 0 Å². The molecule has 0 fully saturated rings. The van der Waals surface area contributed by atoms with Crippen molar-refractivity contribution in [3.05, 3.63) is 36.5 Å². The summed E-state index contributed by atoms with van der Waals surface area (Å²) in [6, 6.07) is 4.04. The van der Waals surface area contributed by atoms with Gasteiger partial charge in [-0.25, -0.2) is 0 Å². The Morgan fingerprint density at radius 3 is 2.67 bits per heavy atom. The zero-order valence-corrected chi connectivity index (χ0v) is 12.7. The summed E-state index contributed by atoms with van der Waals surface area (Å²) < 4.78 is 2.22. The Hall–Kier alpha value is 0.130. The van der Waals surface area contributed by atoms with Gasteiger partial charge in [-0.05, 0) is 70.1 Å². The number of halogens is 3. The fourth-order valence-corrected chi connectivity index (χ4v) is 2.83. The molecule has 0 aliphatic rings. The summed E-state index contributed by atoms with van der Waals surface area (Å²) in [5.41, 5.74) is 3.02. The van der Waals surface area contributed by atoms with E-state index in [1.807, 2.05) is 19.9 Å². The number of aryl methyl sites for hydroxylation is 2. The van der Waals surface area contributed by atoms with E-state index in [-0.39, 0.29) is 0 Å². The van der Waals surface area contributed by atoms with E-state index in [2.05, 4.69) is 49.6 Å². The summed E-state index contributed by atoms with van der Waals surface area (Å²) in [5, 5.41) is 1.79. The Bertz CT molecular complexity index is 554. The first-order valence-electron chi connectivity index (χ1n) is 4.42. The van der Waals surface area contributed by atoms with Crippen LogP contribution in [0.1, 0.15) is 11.3 Å². The molecule has 1 heterocycles. The average Bonchev–Trinajstić information content (AvgIpc) is 2.17. The number of nitrogens with zero attached hydrogens (tertiary/aromatic N) is 1. The van der Waals surface area contributed by atoms with Crippen LogP contribution >= 0.6 is 50.1 Å². The molecule has 78 valence electrons. The molecule has 0 bridgehead atoms. The SMILES string of the molecule is Cc1cc(Cl)c2nc(C)c(I)c(Br)c2c1. The molecular formula is C11H8BrClIN. The van der Waals surface area contributed by atoms with E-state index in [0.717, 1.165) is 30.2 Å². The fraction of sp³-hybridized carbons (Fsp3) is 0.182. The van der Waals surface area contributed by atoms with E-state index in [1.54, 1.807) is 0 Å². The summed E-state index contributed by atoms with van der Waals surface area (Å²) in [7, 11) is 0. The second-order valence-corrected chi connectivity index (χ2v) is 5.75. The van der Waals surface area contributed by atoms with Gasteiger partial charge in [-0.2, -0.15) is 0 Å². The summed E-state index contributed by atoms with van der Waals surface area (Å²) >= 11 is 12.1. The smallest absolute Gasteiger partial charge is 0.0903 e. The number of fused-ring (bicyclic) bond motifs is 1. The van der Waals surface area contributed by atoms with Gasteiger partial charge < -0.3 is 0 Å². The van der Waals surface area contributed by atoms with Gasteiger partial charge in [0.15, 0.2) is 0 Å². The maximum atomic E-state index is 6.17. The Labute approximate surface area is 115 Å². The Morgan fingerprint density at radius 1 is 1.33 bits per heavy atom. The van der Waals surface area contributed by atoms with E-state index >= 15 is 0 Å². The molecule has 1 aromatic heterocycles. The van der Waals surface area contributed by atoms with Crippen LogP contribution in [0.2, 0.25) is 5.02 Å². The first-order valence-corrected chi connectivity index (χ1v) is 6.67. The highest BCUT2D eigenvalue weighted by Crippen LogP contribution is 2.33. The topological polar surface area (TPSA) is 12.9 Å². The third-order valence-electron chi connectivity index (χ3n) is 2.23. The molecule has 1 nitrogen and oxygen atoms in total. The van der Waals surface area contributed by atoms with Crippen molar-refractivity contribution in [3.63, 3.8) is 0 Å². The van der Waals surface area contributed by atoms with Crippen molar-refractivity contribution >= 4 is 61.0 Å². The number of hydrogen-bond acceptors (Lipinski definition) is 1. The van der Waals surface area contributed by atoms with E-state index in [9.17, 15) is 0 Å². The molecule has 0 radical (unpaired) electrons. The Morgan fingerprint density at radius 2 is 2.00 bits per heavy atom. The molecular weight excluding hydrogens is 388 g/mol. The van der Waals surface area contributed by atoms with Gasteiger partial charge in [0.1, 0.15) is 0 Å². The lowest BCUT2D eigenvalue weighted by molar-refractivity contribution is 1.22. The summed E-state index contributed by atoms with van der Waals surface area (Å²) in [4.78, 5) is 4.51. The van der Waals surface area contributed by atoms with Crippen LogP contribution in [0.15, 0.2) is 16.6 Å². The van der Waals surface area contributed by atoms with E-state index in [4.69, 9.17) is 11.6 Å². The number of hydrogen-bond donors (Lipinski definition) is 0. The molecule has 0 N–H and O–H groups in total. The standard InChI is InChI=1S/C11H8BrClIN/c1-5-3-7-9(12)10(14)6(2)15-11(7)8(13)4-5/h3-4H,1-2H3. The highest BCUT2D eigenvalue weighted by Gasteiger charge is 2.10. The quantitative estimate of drug-likeness (QED) is 0.579. The zero-order chi connectivity index (χ0) is 11.2. The van der Waals surface area contributed by atoms with Gasteiger partial charge in [0, 0.05) is 13.4 Å². The van der Waals surface area contributed by atoms with E-state index in [1.165, 1.54) is 0 Å². The van der Waals surface area contributed by atoms with Crippen LogP contribution in [-0.4, -0.2) is 4.98 Å². The molecule has 15 heavy (non-hydrogen) atoms. The maximum absolute atomic E-state index is 6.17. The molecule has 0 saturated carbocycles. The fourth-order valence-electron chi connectivity index (χ4n) is 1.51. The normalized spacial score (nSPS) is 11.0. The molecule has 0 atom stereocenters. The Kier molecular flexibility index (Phi) is 3.24. The lowest BCUT2D eigenvalue weighted by atomic mass is 10.1. The molecule has 0 unspecified atom stereocenters. The lowest BCUT2D eigenvalue weighted by Gasteiger charge is -2.08. The maximum Gasteiger partial charge on any atom is 0.0903 e. The van der Waals surface area contributed by atoms with E-state index in [0.29, 0.717) is 5.02 Å². The van der Waals surface area contributed by atoms with Gasteiger partial charge in [0.25, 0.3) is 0 Å². The molecule has 0 amide bonds. The van der Waals surface area contributed by atoms with Crippen LogP contribution in [0.5, 0.6) is 0 Å². The molecule has 2 rings (SSSR count). The average molecular weight is 396 g/mol. The van der Waals surface area contributed by atoms with Crippen molar-refractivity contribution in [2.75, 3.05) is 0 Å². The predicted octanol–water partition coefficient (Wildman–Crippen LogP) is 4.87. The second-order valence-electron chi connectivity index (χ2n) is 3.47. The van der Waals surface area contributed by atoms with E-state index < -0.39 is 0 Å². The van der Waals surface area contributed by atoms with Gasteiger partial charge in [-0.3, -0.25) is 4.98 Å². The van der Waals surface area contributed by atoms with Crippen molar-refractivity contribution in [3.8, 4) is 0 Å². The largest absolute Gasteiger partial charge is 0.250 e. The minimum atomic E-state index is 0.713. The van der Waals surface area contributed by atoms with Crippen molar-refractivity contribution in [1.29, 1.82) is 0 Å². The summed E-state index contributed by atoms with van der Waals surface area (Å²) in [6.07, 6.45) is 0. The zero-order valence-electron chi connectivity index (χ0n) is 8.24. The first-order chi connectivity index (χ1) is 7.00. The van der Waals surface area contributed by atoms with Gasteiger partial charge in [-0.15, -0.1) is 0 Å². The minimum absolute atomic E-state index is 0.713. The summed E-state index contributed by atoms with van der Waals surface area (Å²) in [6.45, 7) is 4.02. The predicted molar refractivity (Wildman–Crippen MR) is 76.6 cm³/mol. The molecule has 0 aliphatic carbocycles. The number of aromatic nitrogens is 1. The highest BCUT2D eigenvalue weighted by molar-refractivity contribution is 14.1. The van der Waals surface area contributed by atoms with Crippen LogP contribution in [0.3, 0.4) is 0 Å². The third-order valence-corrected chi connectivity index (χ3v) is 5.41. The lowest BCUT2D eigenvalue weighted by Crippen LogP contribution is -1.92. The van der Waals surface area contributed by atoms with Crippen molar-refractivity contribution in [2.24, 2.45) is 0 Å². The van der Waals surface area contributed by atoms with Gasteiger partial charge >= 0.3 is 0 Å². The van der Waals surface area contributed by atoms with Crippen LogP contribution in [0.4, 0.5) is 0 Å². The van der Waals surface area contributed by atoms with Crippen LogP contribution in [0.25, 0.3) is 10.9 Å². The first kappa shape index (κ1) is 11.6. The van der Waals surface area contributed by atoms with Crippen molar-refractivity contribution in [1.82, 2.24) is 4.98 Å². The molecule has 1 aromatic carbocycles. The second kappa shape index (κ2) is 4.18. The highest BCUT2D eigenvalue weighted by atomic mass is 127.